The van der Waals surface area contributed by atoms with Crippen molar-refractivity contribution in [1.82, 2.24) is 15.5 Å². The van der Waals surface area contributed by atoms with Crippen molar-refractivity contribution >= 4 is 17.7 Å². The van der Waals surface area contributed by atoms with E-state index >= 15 is 0 Å². The molecule has 7 heteroatoms. The summed E-state index contributed by atoms with van der Waals surface area (Å²) in [4.78, 5) is 35.9. The predicted molar refractivity (Wildman–Crippen MR) is 72.9 cm³/mol. The van der Waals surface area contributed by atoms with Crippen molar-refractivity contribution in [3.8, 4) is 0 Å². The summed E-state index contributed by atoms with van der Waals surface area (Å²) in [5, 5.41) is 5.64. The van der Waals surface area contributed by atoms with Gasteiger partial charge >= 0.3 is 0 Å². The van der Waals surface area contributed by atoms with Gasteiger partial charge in [0.05, 0.1) is 13.2 Å². The average Bonchev–Trinajstić information content (AvgIpc) is 2.65. The number of rotatable bonds is 9. The van der Waals surface area contributed by atoms with Crippen LogP contribution in [0.4, 0.5) is 0 Å². The first-order chi connectivity index (χ1) is 9.56. The molecule has 0 aromatic carbocycles. The number of likely N-dealkylation sites (tertiary alicyclic amines) is 1. The second kappa shape index (κ2) is 8.65. The van der Waals surface area contributed by atoms with Crippen LogP contribution in [0.1, 0.15) is 19.8 Å². The van der Waals surface area contributed by atoms with Crippen LogP contribution in [0, 0.1) is 5.92 Å². The monoisotopic (exact) mass is 285 g/mol. The normalized spacial score (nSPS) is 18.7. The van der Waals surface area contributed by atoms with Gasteiger partial charge in [-0.1, -0.05) is 6.92 Å². The number of hydrogen-bond acceptors (Lipinski definition) is 5. The number of imide groups is 1. The summed E-state index contributed by atoms with van der Waals surface area (Å²) in [6.07, 6.45) is 0.389. The van der Waals surface area contributed by atoms with Crippen molar-refractivity contribution in [2.45, 2.75) is 19.8 Å². The summed E-state index contributed by atoms with van der Waals surface area (Å²) < 4.78 is 5.25. The molecular weight excluding hydrogens is 262 g/mol. The second-order valence-corrected chi connectivity index (χ2v) is 4.80. The highest BCUT2D eigenvalue weighted by atomic mass is 16.5. The van der Waals surface area contributed by atoms with Crippen LogP contribution in [0.25, 0.3) is 0 Å². The number of ether oxygens (including phenoxy) is 1. The van der Waals surface area contributed by atoms with Crippen LogP contribution in [-0.2, 0) is 19.1 Å². The summed E-state index contributed by atoms with van der Waals surface area (Å²) >= 11 is 0. The average molecular weight is 285 g/mol. The molecule has 0 aliphatic carbocycles. The van der Waals surface area contributed by atoms with Crippen LogP contribution in [0.15, 0.2) is 0 Å². The number of amides is 3. The van der Waals surface area contributed by atoms with Gasteiger partial charge in [0.25, 0.3) is 0 Å². The third-order valence-electron chi connectivity index (χ3n) is 3.10. The van der Waals surface area contributed by atoms with Crippen molar-refractivity contribution < 1.29 is 19.1 Å². The molecule has 0 saturated carbocycles. The smallest absolute Gasteiger partial charge is 0.232 e. The lowest BCUT2D eigenvalue weighted by Gasteiger charge is -2.14. The molecule has 1 atom stereocenters. The maximum atomic E-state index is 11.6. The van der Waals surface area contributed by atoms with E-state index in [1.165, 1.54) is 4.90 Å². The number of nitrogens with one attached hydrogen (secondary N) is 2. The van der Waals surface area contributed by atoms with Crippen LogP contribution in [0.5, 0.6) is 0 Å². The van der Waals surface area contributed by atoms with Gasteiger partial charge < -0.3 is 15.4 Å². The van der Waals surface area contributed by atoms with Crippen LogP contribution in [0.3, 0.4) is 0 Å². The molecule has 20 heavy (non-hydrogen) atoms. The number of carbonyl (C=O) groups excluding carboxylic acids is 3. The van der Waals surface area contributed by atoms with Crippen molar-refractivity contribution in [2.75, 3.05) is 39.9 Å². The second-order valence-electron chi connectivity index (χ2n) is 4.80. The Hall–Kier alpha value is -1.47. The van der Waals surface area contributed by atoms with E-state index in [1.54, 1.807) is 6.92 Å². The molecule has 0 aromatic heterocycles. The highest BCUT2D eigenvalue weighted by Gasteiger charge is 2.35. The summed E-state index contributed by atoms with van der Waals surface area (Å²) in [6, 6.07) is 0. The highest BCUT2D eigenvalue weighted by Crippen LogP contribution is 2.18. The molecule has 3 amide bonds. The van der Waals surface area contributed by atoms with Gasteiger partial charge in [0, 0.05) is 38.4 Å². The van der Waals surface area contributed by atoms with Gasteiger partial charge in [0.2, 0.25) is 17.7 Å². The Morgan fingerprint density at radius 1 is 1.35 bits per heavy atom. The SMILES string of the molecule is CNCCOCCNC(=O)CCN1C(=O)CC(C)C1=O. The first kappa shape index (κ1) is 16.6. The van der Waals surface area contributed by atoms with E-state index in [2.05, 4.69) is 10.6 Å². The quantitative estimate of drug-likeness (QED) is 0.424. The maximum Gasteiger partial charge on any atom is 0.232 e. The lowest BCUT2D eigenvalue weighted by Crippen LogP contribution is -2.35. The Morgan fingerprint density at radius 3 is 2.65 bits per heavy atom. The molecule has 2 N–H and O–H groups in total. The zero-order chi connectivity index (χ0) is 15.0. The lowest BCUT2D eigenvalue weighted by atomic mass is 10.1. The molecule has 0 bridgehead atoms. The zero-order valence-electron chi connectivity index (χ0n) is 12.1. The largest absolute Gasteiger partial charge is 0.378 e. The Morgan fingerprint density at radius 2 is 2.05 bits per heavy atom. The van der Waals surface area contributed by atoms with Crippen LogP contribution in [-0.4, -0.2) is 62.5 Å². The van der Waals surface area contributed by atoms with Gasteiger partial charge in [-0.15, -0.1) is 0 Å². The van der Waals surface area contributed by atoms with Crippen LogP contribution < -0.4 is 10.6 Å². The summed E-state index contributed by atoms with van der Waals surface area (Å²) in [5.41, 5.74) is 0. The van der Waals surface area contributed by atoms with E-state index in [4.69, 9.17) is 4.74 Å². The van der Waals surface area contributed by atoms with E-state index in [0.29, 0.717) is 19.8 Å². The fourth-order valence-electron chi connectivity index (χ4n) is 1.92. The molecule has 7 nitrogen and oxygen atoms in total. The minimum absolute atomic E-state index is 0.140. The molecule has 1 fully saturated rings. The third kappa shape index (κ3) is 5.26. The van der Waals surface area contributed by atoms with Gasteiger partial charge in [-0.25, -0.2) is 0 Å². The van der Waals surface area contributed by atoms with Crippen LogP contribution in [0.2, 0.25) is 0 Å². The number of nitrogens with zero attached hydrogens (tertiary/aromatic N) is 1. The van der Waals surface area contributed by atoms with Gasteiger partial charge in [-0.3, -0.25) is 19.3 Å². The first-order valence-electron chi connectivity index (χ1n) is 6.89. The number of carbonyl (C=O) groups is 3. The fraction of sp³-hybridized carbons (Fsp3) is 0.769. The van der Waals surface area contributed by atoms with E-state index in [9.17, 15) is 14.4 Å². The summed E-state index contributed by atoms with van der Waals surface area (Å²) in [6.45, 7) is 4.14. The molecule has 1 unspecified atom stereocenters. The van der Waals surface area contributed by atoms with Gasteiger partial charge in [-0.05, 0) is 7.05 Å². The number of likely N-dealkylation sites (N-methyl/N-ethyl adjacent to an activating group) is 1. The Balaban J connectivity index is 2.11. The summed E-state index contributed by atoms with van der Waals surface area (Å²) in [7, 11) is 1.84. The van der Waals surface area contributed by atoms with E-state index in [-0.39, 0.29) is 43.0 Å². The van der Waals surface area contributed by atoms with E-state index in [1.807, 2.05) is 7.05 Å². The highest BCUT2D eigenvalue weighted by molar-refractivity contribution is 6.03. The molecule has 0 spiro atoms. The van der Waals surface area contributed by atoms with Crippen LogP contribution >= 0.6 is 0 Å². The Labute approximate surface area is 119 Å². The number of hydrogen-bond donors (Lipinski definition) is 2. The van der Waals surface area contributed by atoms with E-state index < -0.39 is 0 Å². The fourth-order valence-corrected chi connectivity index (χ4v) is 1.92. The molecule has 1 rings (SSSR count). The molecule has 1 saturated heterocycles. The standard InChI is InChI=1S/C13H23N3O4/c1-10-9-12(18)16(13(10)19)6-3-11(17)15-5-8-20-7-4-14-2/h10,14H,3-9H2,1-2H3,(H,15,17). The van der Waals surface area contributed by atoms with Crippen molar-refractivity contribution in [3.63, 3.8) is 0 Å². The molecule has 0 aromatic rings. The molecular formula is C13H23N3O4. The maximum absolute atomic E-state index is 11.6. The molecule has 1 heterocycles. The Kier molecular flexibility index (Phi) is 7.17. The van der Waals surface area contributed by atoms with E-state index in [0.717, 1.165) is 6.54 Å². The van der Waals surface area contributed by atoms with Gasteiger partial charge in [-0.2, -0.15) is 0 Å². The van der Waals surface area contributed by atoms with Gasteiger partial charge in [0.15, 0.2) is 0 Å². The minimum Gasteiger partial charge on any atom is -0.378 e. The topological polar surface area (TPSA) is 87.7 Å². The van der Waals surface area contributed by atoms with Crippen molar-refractivity contribution in [2.24, 2.45) is 5.92 Å². The predicted octanol–water partition coefficient (Wildman–Crippen LogP) is -0.876. The van der Waals surface area contributed by atoms with Crippen molar-refractivity contribution in [3.05, 3.63) is 0 Å². The summed E-state index contributed by atoms with van der Waals surface area (Å²) in [5.74, 6) is -0.808. The molecule has 1 aliphatic rings. The first-order valence-corrected chi connectivity index (χ1v) is 6.89. The zero-order valence-corrected chi connectivity index (χ0v) is 12.1. The Bertz CT molecular complexity index is 360. The molecule has 114 valence electrons. The lowest BCUT2D eigenvalue weighted by molar-refractivity contribution is -0.139. The molecule has 0 radical (unpaired) electrons. The van der Waals surface area contributed by atoms with Crippen molar-refractivity contribution in [1.29, 1.82) is 0 Å². The van der Waals surface area contributed by atoms with Gasteiger partial charge in [0.1, 0.15) is 0 Å². The minimum atomic E-state index is -0.258. The third-order valence-corrected chi connectivity index (χ3v) is 3.10. The molecule has 1 aliphatic heterocycles.